The molecule has 0 saturated heterocycles. The van der Waals surface area contributed by atoms with E-state index in [2.05, 4.69) is 16.9 Å². The molecule has 0 unspecified atom stereocenters. The molecule has 0 saturated carbocycles. The van der Waals surface area contributed by atoms with Gasteiger partial charge in [0.05, 0.1) is 26.0 Å². The van der Waals surface area contributed by atoms with Crippen LogP contribution in [0.5, 0.6) is 23.0 Å². The fraction of sp³-hybridized carbons (Fsp3) is 0.476. The van der Waals surface area contributed by atoms with E-state index < -0.39 is 17.7 Å². The second-order valence-electron chi connectivity index (χ2n) is 14.4. The average molecular weight is 802 g/mol. The highest BCUT2D eigenvalue weighted by molar-refractivity contribution is 5.90. The lowest BCUT2D eigenvalue weighted by Gasteiger charge is -2.30. The summed E-state index contributed by atoms with van der Waals surface area (Å²) in [7, 11) is 0. The van der Waals surface area contributed by atoms with Gasteiger partial charge in [0.2, 0.25) is 31.3 Å². The van der Waals surface area contributed by atoms with E-state index in [1.165, 1.54) is 21.6 Å². The average Bonchev–Trinajstić information content (AvgIpc) is 4.01. The smallest absolute Gasteiger partial charge is 0.242 e. The van der Waals surface area contributed by atoms with E-state index in [0.29, 0.717) is 60.9 Å². The molecule has 2 aliphatic heterocycles. The minimum Gasteiger partial charge on any atom is -0.454 e. The molecular formula is C42H55N7O9. The third kappa shape index (κ3) is 13.2. The number of Topliss-reactive ketones (excluding diaryl/α,β-unsaturated/α-hetero) is 2. The fourth-order valence-electron chi connectivity index (χ4n) is 6.75. The monoisotopic (exact) mass is 801 g/mol. The molecule has 0 spiro atoms. The maximum absolute atomic E-state index is 14.2. The summed E-state index contributed by atoms with van der Waals surface area (Å²) in [5.41, 5.74) is 7.23. The summed E-state index contributed by atoms with van der Waals surface area (Å²) in [4.78, 5) is 76.1. The van der Waals surface area contributed by atoms with Crippen molar-refractivity contribution < 1.29 is 42.9 Å². The molecule has 3 heterocycles. The minimum absolute atomic E-state index is 0.0106. The van der Waals surface area contributed by atoms with Gasteiger partial charge in [-0.3, -0.25) is 24.0 Å². The van der Waals surface area contributed by atoms with E-state index in [-0.39, 0.29) is 89.7 Å². The molecule has 0 radical (unpaired) electrons. The van der Waals surface area contributed by atoms with Gasteiger partial charge in [0, 0.05) is 50.9 Å². The number of carbonyl (C=O) groups is 5. The first kappa shape index (κ1) is 43.4. The van der Waals surface area contributed by atoms with Crippen molar-refractivity contribution in [2.75, 3.05) is 59.4 Å². The summed E-state index contributed by atoms with van der Waals surface area (Å²) in [5, 5.41) is 3.21. The Morgan fingerprint density at radius 1 is 0.845 bits per heavy atom. The summed E-state index contributed by atoms with van der Waals surface area (Å²) < 4.78 is 23.9. The minimum atomic E-state index is -0.441. The maximum Gasteiger partial charge on any atom is 0.242 e. The Hall–Kier alpha value is -5.74. The van der Waals surface area contributed by atoms with Gasteiger partial charge in [0.1, 0.15) is 18.1 Å². The van der Waals surface area contributed by atoms with Crippen molar-refractivity contribution in [2.45, 2.75) is 65.1 Å². The molecule has 16 nitrogen and oxygen atoms in total. The van der Waals surface area contributed by atoms with Gasteiger partial charge in [-0.2, -0.15) is 0 Å². The van der Waals surface area contributed by atoms with Crippen molar-refractivity contribution in [3.63, 3.8) is 0 Å². The maximum atomic E-state index is 14.2. The van der Waals surface area contributed by atoms with Crippen molar-refractivity contribution in [3.05, 3.63) is 78.9 Å². The van der Waals surface area contributed by atoms with Crippen LogP contribution in [0, 0.1) is 5.92 Å². The number of allylic oxidation sites excluding steroid dienone is 1. The molecule has 3 aromatic rings. The van der Waals surface area contributed by atoms with Crippen LogP contribution < -0.4 is 30.0 Å². The third-order valence-corrected chi connectivity index (χ3v) is 9.87. The van der Waals surface area contributed by atoms with Gasteiger partial charge in [-0.05, 0) is 87.5 Å². The highest BCUT2D eigenvalue weighted by Crippen LogP contribution is 2.34. The molecule has 1 atom stereocenters. The summed E-state index contributed by atoms with van der Waals surface area (Å²) in [6, 6.07) is 10.6. The molecule has 0 aliphatic carbocycles. The summed E-state index contributed by atoms with van der Waals surface area (Å²) in [6.07, 6.45) is 9.69. The molecule has 16 heteroatoms. The van der Waals surface area contributed by atoms with E-state index in [4.69, 9.17) is 24.7 Å². The van der Waals surface area contributed by atoms with Crippen LogP contribution in [0.25, 0.3) is 0 Å². The number of carbonyl (C=O) groups excluding carboxylic acids is 5. The predicted octanol–water partition coefficient (Wildman–Crippen LogP) is 3.08. The molecular weight excluding hydrogens is 747 g/mol. The van der Waals surface area contributed by atoms with Gasteiger partial charge in [-0.15, -0.1) is 6.58 Å². The molecule has 3 amide bonds. The van der Waals surface area contributed by atoms with E-state index in [1.54, 1.807) is 55.0 Å². The number of rotatable bonds is 26. The van der Waals surface area contributed by atoms with Gasteiger partial charge in [-0.25, -0.2) is 4.98 Å². The Bertz CT molecular complexity index is 1870. The number of amides is 3. The highest BCUT2D eigenvalue weighted by atomic mass is 16.7. The number of hydrogen-bond acceptors (Lipinski definition) is 12. The van der Waals surface area contributed by atoms with Crippen LogP contribution in [-0.2, 0) is 43.6 Å². The number of aryl methyl sites for hydroxylation is 1. The quantitative estimate of drug-likeness (QED) is 0.0894. The zero-order chi connectivity index (χ0) is 41.3. The first-order valence-electron chi connectivity index (χ1n) is 19.7. The van der Waals surface area contributed by atoms with Crippen LogP contribution in [0.3, 0.4) is 0 Å². The normalized spacial score (nSPS) is 12.9. The van der Waals surface area contributed by atoms with Crippen molar-refractivity contribution in [3.8, 4) is 23.0 Å². The molecule has 3 N–H and O–H groups in total. The van der Waals surface area contributed by atoms with Crippen LogP contribution in [0.1, 0.15) is 56.6 Å². The third-order valence-electron chi connectivity index (χ3n) is 9.87. The van der Waals surface area contributed by atoms with Crippen LogP contribution in [0.2, 0.25) is 0 Å². The molecule has 5 rings (SSSR count). The second-order valence-corrected chi connectivity index (χ2v) is 14.4. The Morgan fingerprint density at radius 3 is 2.07 bits per heavy atom. The topological polar surface area (TPSA) is 188 Å². The number of aromatic nitrogens is 2. The second kappa shape index (κ2) is 22.3. The number of imidazole rings is 1. The number of benzene rings is 2. The first-order valence-corrected chi connectivity index (χ1v) is 19.7. The molecule has 0 bridgehead atoms. The predicted molar refractivity (Wildman–Crippen MR) is 214 cm³/mol. The van der Waals surface area contributed by atoms with Crippen LogP contribution in [0.15, 0.2) is 67.8 Å². The molecule has 0 fully saturated rings. The Morgan fingerprint density at radius 2 is 1.47 bits per heavy atom. The number of hydrogen-bond donors (Lipinski definition) is 2. The van der Waals surface area contributed by atoms with Gasteiger partial charge < -0.3 is 49.3 Å². The zero-order valence-corrected chi connectivity index (χ0v) is 33.3. The molecule has 2 aliphatic rings. The van der Waals surface area contributed by atoms with Crippen molar-refractivity contribution in [2.24, 2.45) is 11.7 Å². The Kier molecular flexibility index (Phi) is 16.7. The van der Waals surface area contributed by atoms with Crippen LogP contribution in [0.4, 0.5) is 0 Å². The Labute approximate surface area is 339 Å². The van der Waals surface area contributed by atoms with E-state index in [0.717, 1.165) is 18.5 Å². The van der Waals surface area contributed by atoms with Gasteiger partial charge in [0.15, 0.2) is 23.0 Å². The van der Waals surface area contributed by atoms with E-state index >= 15 is 0 Å². The zero-order valence-electron chi connectivity index (χ0n) is 33.3. The first-order chi connectivity index (χ1) is 28.1. The molecule has 2 aromatic carbocycles. The molecule has 312 valence electrons. The van der Waals surface area contributed by atoms with E-state index in [1.807, 2.05) is 10.8 Å². The number of unbranched alkanes of at least 4 members (excludes halogenated alkanes) is 1. The lowest BCUT2D eigenvalue weighted by atomic mass is 9.94. The summed E-state index contributed by atoms with van der Waals surface area (Å²) >= 11 is 0. The number of nitrogens with one attached hydrogen (secondary N) is 1. The highest BCUT2D eigenvalue weighted by Gasteiger charge is 2.28. The van der Waals surface area contributed by atoms with Gasteiger partial charge in [-0.1, -0.05) is 18.2 Å². The molecule has 58 heavy (non-hydrogen) atoms. The SMILES string of the molecule is C=CC[C@@H](CCC(=O)N(CC(=O)N(CCCCN)CC(=O)N(CC(C)=O)Cc1ccc2c(c1)OCO2)Cc1ccc2c(c1)OCO2)C(=O)CNCCCn1ccnc1. The van der Waals surface area contributed by atoms with Crippen LogP contribution in [-0.4, -0.2) is 113 Å². The van der Waals surface area contributed by atoms with Crippen LogP contribution >= 0.6 is 0 Å². The number of nitrogens with two attached hydrogens (primary N) is 1. The Balaban J connectivity index is 1.27. The van der Waals surface area contributed by atoms with E-state index in [9.17, 15) is 24.0 Å². The number of nitrogens with zero attached hydrogens (tertiary/aromatic N) is 5. The number of ketones is 2. The number of fused-ring (bicyclic) bond motifs is 2. The van der Waals surface area contributed by atoms with Crippen molar-refractivity contribution in [1.82, 2.24) is 29.6 Å². The number of ether oxygens (including phenoxy) is 4. The summed E-state index contributed by atoms with van der Waals surface area (Å²) in [5.74, 6) is 0.396. The fourth-order valence-corrected chi connectivity index (χ4v) is 6.75. The summed E-state index contributed by atoms with van der Waals surface area (Å²) in [6.45, 7) is 7.02. The lowest BCUT2D eigenvalue weighted by Crippen LogP contribution is -2.48. The van der Waals surface area contributed by atoms with Crippen molar-refractivity contribution in [1.29, 1.82) is 0 Å². The molecule has 1 aromatic heterocycles. The van der Waals surface area contributed by atoms with Gasteiger partial charge >= 0.3 is 0 Å². The van der Waals surface area contributed by atoms with Crippen molar-refractivity contribution >= 4 is 29.3 Å². The largest absolute Gasteiger partial charge is 0.454 e. The van der Waals surface area contributed by atoms with Gasteiger partial charge in [0.25, 0.3) is 0 Å². The standard InChI is InChI=1S/C42H55N7O9/c1-3-7-34(35(51)22-44-15-6-17-46-19-16-45-28-46)10-13-40(52)49(25-33-9-12-37-39(21-33)58-30-56-37)27-41(53)47(18-5-4-14-43)26-42(54)48(23-31(2)50)24-32-8-11-36-38(20-32)57-29-55-36/h3,8-9,11-12,16,19-21,28,34,44H,1,4-7,10,13-15,17-18,22-27,29-30,43H2,2H3/t34-/m0/s1. The lowest BCUT2D eigenvalue weighted by molar-refractivity contribution is -0.145.